The van der Waals surface area contributed by atoms with Crippen molar-refractivity contribution in [3.63, 3.8) is 0 Å². The Labute approximate surface area is 47.6 Å². The van der Waals surface area contributed by atoms with E-state index in [9.17, 15) is 0 Å². The highest BCUT2D eigenvalue weighted by Gasteiger charge is 1.60. The highest BCUT2D eigenvalue weighted by molar-refractivity contribution is 8.11. The Kier molecular flexibility index (Phi) is 5.70. The van der Waals surface area contributed by atoms with Crippen molar-refractivity contribution in [2.24, 2.45) is 4.99 Å². The minimum Gasteiger partial charge on any atom is -0.276 e. The van der Waals surface area contributed by atoms with Gasteiger partial charge in [-0.15, -0.1) is 11.8 Å². The molecule has 0 fully saturated rings. The monoisotopic (exact) mass is 121 g/mol. The number of thioether (sulfide) groups is 1. The van der Waals surface area contributed by atoms with Gasteiger partial charge < -0.3 is 0 Å². The van der Waals surface area contributed by atoms with Crippen LogP contribution < -0.4 is 0 Å². The predicted octanol–water partition coefficient (Wildman–Crippen LogP) is 1.26. The van der Waals surface area contributed by atoms with Gasteiger partial charge in [-0.25, -0.2) is 0 Å². The van der Waals surface area contributed by atoms with Crippen LogP contribution in [0.3, 0.4) is 0 Å². The summed E-state index contributed by atoms with van der Waals surface area (Å²) in [4.78, 5) is 3.79. The van der Waals surface area contributed by atoms with Crippen LogP contribution in [0.5, 0.6) is 0 Å². The smallest absolute Gasteiger partial charge is 0.0821 e. The summed E-state index contributed by atoms with van der Waals surface area (Å²) in [7, 11) is 0. The molecule has 6 heavy (non-hydrogen) atoms. The van der Waals surface area contributed by atoms with E-state index in [1.165, 1.54) is 0 Å². The predicted molar refractivity (Wildman–Crippen MR) is 35.9 cm³/mol. The summed E-state index contributed by atoms with van der Waals surface area (Å²) in [5.74, 6) is 0.598. The zero-order chi connectivity index (χ0) is 4.83. The van der Waals surface area contributed by atoms with Gasteiger partial charge in [0.1, 0.15) is 0 Å². The van der Waals surface area contributed by atoms with E-state index >= 15 is 0 Å². The average Bonchev–Trinajstić information content (AvgIpc) is 1.61. The first-order chi connectivity index (χ1) is 2.91. The lowest BCUT2D eigenvalue weighted by molar-refractivity contribution is 1.42. The van der Waals surface area contributed by atoms with E-state index in [1.807, 2.05) is 6.26 Å². The Bertz CT molecular complexity index is 38.1. The summed E-state index contributed by atoms with van der Waals surface area (Å²) in [5, 5.41) is 0. The third-order valence-electron chi connectivity index (χ3n) is 0.262. The second-order valence-corrected chi connectivity index (χ2v) is 1.63. The van der Waals surface area contributed by atoms with Crippen molar-refractivity contribution in [3.8, 4) is 0 Å². The molecule has 0 rings (SSSR count). The van der Waals surface area contributed by atoms with Gasteiger partial charge in [-0.05, 0) is 6.26 Å². The van der Waals surface area contributed by atoms with Gasteiger partial charge in [0.15, 0.2) is 0 Å². The molecule has 0 amide bonds. The van der Waals surface area contributed by atoms with E-state index in [0.717, 1.165) is 0 Å². The molecule has 0 aromatic heterocycles. The fourth-order valence-electron chi connectivity index (χ4n) is 0.108. The third kappa shape index (κ3) is 4.37. The van der Waals surface area contributed by atoms with Gasteiger partial charge >= 0.3 is 0 Å². The summed E-state index contributed by atoms with van der Waals surface area (Å²) >= 11 is 5.43. The first kappa shape index (κ1) is 6.37. The number of hydrogen-bond donors (Lipinski definition) is 1. The lowest BCUT2D eigenvalue weighted by Gasteiger charge is -1.73. The maximum absolute atomic E-state index is 3.84. The second kappa shape index (κ2) is 5.37. The van der Waals surface area contributed by atoms with Gasteiger partial charge in [0, 0.05) is 0 Å². The Balaban J connectivity index is 2.73. The fourth-order valence-corrected chi connectivity index (χ4v) is 0.524. The highest BCUT2D eigenvalue weighted by atomic mass is 32.2. The van der Waals surface area contributed by atoms with E-state index in [1.54, 1.807) is 17.3 Å². The molecule has 1 nitrogen and oxygen atoms in total. The number of aliphatic imine (C=N–C) groups is 1. The minimum absolute atomic E-state index is 0.598. The van der Waals surface area contributed by atoms with Crippen LogP contribution in [0.15, 0.2) is 4.99 Å². The molecule has 0 bridgehead atoms. The summed E-state index contributed by atoms with van der Waals surface area (Å²) in [5.41, 5.74) is 1.77. The summed E-state index contributed by atoms with van der Waals surface area (Å²) in [6.45, 7) is 0. The lowest BCUT2D eigenvalue weighted by atomic mass is 11.4. The zero-order valence-electron chi connectivity index (χ0n) is 3.59. The van der Waals surface area contributed by atoms with E-state index in [4.69, 9.17) is 0 Å². The van der Waals surface area contributed by atoms with Crippen molar-refractivity contribution in [1.82, 2.24) is 0 Å². The van der Waals surface area contributed by atoms with E-state index in [2.05, 4.69) is 17.6 Å². The van der Waals surface area contributed by atoms with E-state index in [-0.39, 0.29) is 0 Å². The Morgan fingerprint density at radius 3 is 2.83 bits per heavy atom. The summed E-state index contributed by atoms with van der Waals surface area (Å²) in [6.07, 6.45) is 1.97. The van der Waals surface area contributed by atoms with Gasteiger partial charge in [-0.3, -0.25) is 4.99 Å². The van der Waals surface area contributed by atoms with Crippen LogP contribution in [0, 0.1) is 0 Å². The molecule has 3 heteroatoms. The van der Waals surface area contributed by atoms with Crippen LogP contribution in [0.25, 0.3) is 0 Å². The molecule has 0 aromatic carbocycles. The van der Waals surface area contributed by atoms with Gasteiger partial charge in [0.2, 0.25) is 0 Å². The molecular formula is C3H7NS2. The molecule has 0 unspecified atom stereocenters. The third-order valence-corrected chi connectivity index (χ3v) is 0.785. The Morgan fingerprint density at radius 1 is 2.00 bits per heavy atom. The first-order valence-corrected chi connectivity index (χ1v) is 3.45. The van der Waals surface area contributed by atoms with Crippen molar-refractivity contribution in [1.29, 1.82) is 0 Å². The molecule has 0 atom stereocenters. The second-order valence-electron chi connectivity index (χ2n) is 0.665. The number of rotatable bonds is 2. The van der Waals surface area contributed by atoms with Crippen LogP contribution >= 0.6 is 24.4 Å². The number of nitrogens with zero attached hydrogens (tertiary/aromatic N) is 1. The largest absolute Gasteiger partial charge is 0.276 e. The van der Waals surface area contributed by atoms with Crippen LogP contribution in [0.1, 0.15) is 0 Å². The SMILES string of the molecule is CSC=NCS. The maximum atomic E-state index is 3.84. The topological polar surface area (TPSA) is 12.4 Å². The molecule has 0 spiro atoms. The summed E-state index contributed by atoms with van der Waals surface area (Å²) in [6, 6.07) is 0. The molecule has 36 valence electrons. The quantitative estimate of drug-likeness (QED) is 0.329. The average molecular weight is 121 g/mol. The zero-order valence-corrected chi connectivity index (χ0v) is 5.30. The van der Waals surface area contributed by atoms with Crippen molar-refractivity contribution >= 4 is 29.9 Å². The maximum Gasteiger partial charge on any atom is 0.0821 e. The number of thiol groups is 1. The molecule has 0 radical (unpaired) electrons. The van der Waals surface area contributed by atoms with Gasteiger partial charge in [-0.2, -0.15) is 12.6 Å². The van der Waals surface area contributed by atoms with Crippen molar-refractivity contribution in [2.75, 3.05) is 12.1 Å². The Hall–Kier alpha value is 0.370. The molecule has 0 aliphatic heterocycles. The van der Waals surface area contributed by atoms with Crippen molar-refractivity contribution in [3.05, 3.63) is 0 Å². The van der Waals surface area contributed by atoms with Crippen LogP contribution in [0.2, 0.25) is 0 Å². The van der Waals surface area contributed by atoms with E-state index < -0.39 is 0 Å². The minimum atomic E-state index is 0.598. The standard InChI is InChI=1S/C3H7NS2/c1-6-3-4-2-5/h3,5H,2H2,1H3. The van der Waals surface area contributed by atoms with Gasteiger partial charge in [0.05, 0.1) is 11.4 Å². The molecule has 0 N–H and O–H groups in total. The summed E-state index contributed by atoms with van der Waals surface area (Å²) < 4.78 is 0. The normalized spacial score (nSPS) is 10.3. The molecular weight excluding hydrogens is 114 g/mol. The van der Waals surface area contributed by atoms with Crippen molar-refractivity contribution < 1.29 is 0 Å². The first-order valence-electron chi connectivity index (χ1n) is 1.53. The van der Waals surface area contributed by atoms with Crippen LogP contribution in [-0.4, -0.2) is 17.7 Å². The van der Waals surface area contributed by atoms with Crippen molar-refractivity contribution in [2.45, 2.75) is 0 Å². The van der Waals surface area contributed by atoms with E-state index in [0.29, 0.717) is 5.88 Å². The molecule has 0 saturated heterocycles. The number of hydrogen-bond acceptors (Lipinski definition) is 3. The van der Waals surface area contributed by atoms with Gasteiger partial charge in [0.25, 0.3) is 0 Å². The molecule has 0 saturated carbocycles. The van der Waals surface area contributed by atoms with Crippen LogP contribution in [0.4, 0.5) is 0 Å². The molecule has 0 heterocycles. The van der Waals surface area contributed by atoms with Gasteiger partial charge in [-0.1, -0.05) is 0 Å². The molecule has 0 aromatic rings. The molecule has 0 aliphatic carbocycles. The fraction of sp³-hybridized carbons (Fsp3) is 0.667. The van der Waals surface area contributed by atoms with Crippen LogP contribution in [-0.2, 0) is 0 Å². The Morgan fingerprint density at radius 2 is 2.67 bits per heavy atom. The lowest BCUT2D eigenvalue weighted by Crippen LogP contribution is -1.60. The molecule has 0 aliphatic rings. The highest BCUT2D eigenvalue weighted by Crippen LogP contribution is 1.83.